The summed E-state index contributed by atoms with van der Waals surface area (Å²) in [5.74, 6) is 0.667. The smallest absolute Gasteiger partial charge is 0.251 e. The first kappa shape index (κ1) is 21.9. The molecule has 0 atom stereocenters. The van der Waals surface area contributed by atoms with Gasteiger partial charge in [-0.3, -0.25) is 9.79 Å². The van der Waals surface area contributed by atoms with Crippen LogP contribution in [0.5, 0.6) is 0 Å². The van der Waals surface area contributed by atoms with E-state index in [2.05, 4.69) is 32.9 Å². The van der Waals surface area contributed by atoms with Gasteiger partial charge in [-0.2, -0.15) is 0 Å². The average Bonchev–Trinajstić information content (AvgIpc) is 2.94. The van der Waals surface area contributed by atoms with Gasteiger partial charge in [-0.1, -0.05) is 12.1 Å². The lowest BCUT2D eigenvalue weighted by Crippen LogP contribution is -2.40. The highest BCUT2D eigenvalue weighted by molar-refractivity contribution is 7.11. The number of hydrogen-bond donors (Lipinski definition) is 3. The fourth-order valence-electron chi connectivity index (χ4n) is 2.58. The number of aliphatic imine (C=N–C) groups is 1. The molecule has 2 rings (SSSR count). The predicted octanol–water partition coefficient (Wildman–Crippen LogP) is 3.20. The molecule has 0 aliphatic carbocycles. The van der Waals surface area contributed by atoms with E-state index in [0.717, 1.165) is 35.2 Å². The molecule has 0 radical (unpaired) electrons. The molecule has 3 N–H and O–H groups in total. The van der Waals surface area contributed by atoms with Gasteiger partial charge in [0, 0.05) is 42.5 Å². The number of nitrogens with zero attached hydrogens (tertiary/aromatic N) is 2. The average molecular weight is 402 g/mol. The second-order valence-corrected chi connectivity index (χ2v) is 9.04. The molecule has 1 aromatic carbocycles. The monoisotopic (exact) mass is 401 g/mol. The maximum atomic E-state index is 12.3. The number of carbonyl (C=O) groups excluding carboxylic acids is 1. The minimum atomic E-state index is -0.258. The minimum absolute atomic E-state index is 0.0640. The van der Waals surface area contributed by atoms with Crippen molar-refractivity contribution in [2.24, 2.45) is 4.99 Å². The Kier molecular flexibility index (Phi) is 7.57. The van der Waals surface area contributed by atoms with Gasteiger partial charge in [0.15, 0.2) is 5.96 Å². The van der Waals surface area contributed by atoms with E-state index in [-0.39, 0.29) is 11.4 Å². The van der Waals surface area contributed by atoms with Gasteiger partial charge in [0.2, 0.25) is 0 Å². The maximum absolute atomic E-state index is 12.3. The third-order valence-corrected chi connectivity index (χ3v) is 5.20. The fourth-order valence-corrected chi connectivity index (χ4v) is 3.51. The molecule has 28 heavy (non-hydrogen) atoms. The number of nitrogens with one attached hydrogen (secondary N) is 3. The topological polar surface area (TPSA) is 78.4 Å². The highest BCUT2D eigenvalue weighted by atomic mass is 32.1. The third kappa shape index (κ3) is 6.96. The fraction of sp³-hybridized carbons (Fsp3) is 0.476. The highest BCUT2D eigenvalue weighted by Crippen LogP contribution is 2.16. The molecular weight excluding hydrogens is 370 g/mol. The normalized spacial score (nSPS) is 12.0. The summed E-state index contributed by atoms with van der Waals surface area (Å²) < 4.78 is 0. The van der Waals surface area contributed by atoms with Gasteiger partial charge >= 0.3 is 0 Å². The van der Waals surface area contributed by atoms with E-state index >= 15 is 0 Å². The number of hydrogen-bond acceptors (Lipinski definition) is 4. The van der Waals surface area contributed by atoms with Gasteiger partial charge in [-0.05, 0) is 52.3 Å². The molecule has 0 saturated carbocycles. The maximum Gasteiger partial charge on any atom is 0.251 e. The standard InChI is InChI=1S/C21H31N5OS/c1-14-15(2)28-18(25-14)10-11-23-20(22-6)24-13-16-8-7-9-17(12-16)19(27)26-21(3,4)5/h7-9,12H,10-11,13H2,1-6H3,(H,26,27)(H2,22,23,24). The van der Waals surface area contributed by atoms with Crippen LogP contribution in [0.4, 0.5) is 0 Å². The largest absolute Gasteiger partial charge is 0.356 e. The summed E-state index contributed by atoms with van der Waals surface area (Å²) in [5, 5.41) is 10.7. The summed E-state index contributed by atoms with van der Waals surface area (Å²) >= 11 is 1.74. The van der Waals surface area contributed by atoms with Gasteiger partial charge < -0.3 is 16.0 Å². The summed E-state index contributed by atoms with van der Waals surface area (Å²) in [5.41, 5.74) is 2.53. The zero-order chi connectivity index (χ0) is 20.7. The summed E-state index contributed by atoms with van der Waals surface area (Å²) in [6, 6.07) is 7.63. The summed E-state index contributed by atoms with van der Waals surface area (Å²) in [6.07, 6.45) is 0.864. The SMILES string of the molecule is CN=C(NCCc1nc(C)c(C)s1)NCc1cccc(C(=O)NC(C)(C)C)c1. The van der Waals surface area contributed by atoms with Crippen molar-refractivity contribution in [3.8, 4) is 0 Å². The first-order chi connectivity index (χ1) is 13.2. The van der Waals surface area contributed by atoms with Gasteiger partial charge in [0.05, 0.1) is 10.7 Å². The number of aryl methyl sites for hydroxylation is 2. The Bertz CT molecular complexity index is 816. The van der Waals surface area contributed by atoms with E-state index < -0.39 is 0 Å². The van der Waals surface area contributed by atoms with E-state index in [0.29, 0.717) is 12.1 Å². The lowest BCUT2D eigenvalue weighted by molar-refractivity contribution is 0.0919. The molecular formula is C21H31N5OS. The van der Waals surface area contributed by atoms with Crippen molar-refractivity contribution in [2.75, 3.05) is 13.6 Å². The molecule has 0 aliphatic rings. The van der Waals surface area contributed by atoms with Gasteiger partial charge in [0.1, 0.15) is 0 Å². The number of aromatic nitrogens is 1. The van der Waals surface area contributed by atoms with Crippen molar-refractivity contribution in [1.29, 1.82) is 0 Å². The lowest BCUT2D eigenvalue weighted by atomic mass is 10.1. The first-order valence-electron chi connectivity index (χ1n) is 9.47. The van der Waals surface area contributed by atoms with Crippen LogP contribution in [-0.2, 0) is 13.0 Å². The number of carbonyl (C=O) groups is 1. The quantitative estimate of drug-likeness (QED) is 0.513. The number of guanidine groups is 1. The van der Waals surface area contributed by atoms with Crippen molar-refractivity contribution in [3.05, 3.63) is 51.0 Å². The van der Waals surface area contributed by atoms with Crippen LogP contribution in [0.25, 0.3) is 0 Å². The van der Waals surface area contributed by atoms with Gasteiger partial charge in [-0.25, -0.2) is 4.98 Å². The summed E-state index contributed by atoms with van der Waals surface area (Å²) in [6.45, 7) is 11.4. The number of rotatable bonds is 6. The van der Waals surface area contributed by atoms with E-state index in [9.17, 15) is 4.79 Å². The Hall–Kier alpha value is -2.41. The number of thiazole rings is 1. The molecule has 0 bridgehead atoms. The number of amides is 1. The van der Waals surface area contributed by atoms with Crippen LogP contribution >= 0.6 is 11.3 Å². The molecule has 1 heterocycles. The highest BCUT2D eigenvalue weighted by Gasteiger charge is 2.15. The van der Waals surface area contributed by atoms with E-state index in [4.69, 9.17) is 0 Å². The Labute approximate surface area is 171 Å². The van der Waals surface area contributed by atoms with Crippen molar-refractivity contribution >= 4 is 23.2 Å². The van der Waals surface area contributed by atoms with Gasteiger partial charge in [0.25, 0.3) is 5.91 Å². The molecule has 0 unspecified atom stereocenters. The zero-order valence-corrected chi connectivity index (χ0v) is 18.5. The minimum Gasteiger partial charge on any atom is -0.356 e. The van der Waals surface area contributed by atoms with Crippen LogP contribution in [0.3, 0.4) is 0 Å². The zero-order valence-electron chi connectivity index (χ0n) is 17.6. The molecule has 0 spiro atoms. The van der Waals surface area contributed by atoms with Gasteiger partial charge in [-0.15, -0.1) is 11.3 Å². The Morgan fingerprint density at radius 2 is 1.96 bits per heavy atom. The first-order valence-corrected chi connectivity index (χ1v) is 10.3. The van der Waals surface area contributed by atoms with Crippen LogP contribution in [-0.4, -0.2) is 36.0 Å². The molecule has 152 valence electrons. The molecule has 6 nitrogen and oxygen atoms in total. The van der Waals surface area contributed by atoms with Crippen LogP contribution in [0.1, 0.15) is 52.3 Å². The number of benzene rings is 1. The van der Waals surface area contributed by atoms with Crippen LogP contribution in [0.15, 0.2) is 29.3 Å². The van der Waals surface area contributed by atoms with Crippen molar-refractivity contribution in [2.45, 2.75) is 53.1 Å². The Morgan fingerprint density at radius 1 is 1.21 bits per heavy atom. The second kappa shape index (κ2) is 9.68. The molecule has 0 saturated heterocycles. The van der Waals surface area contributed by atoms with E-state index in [1.165, 1.54) is 4.88 Å². The summed E-state index contributed by atoms with van der Waals surface area (Å²) in [7, 11) is 1.75. The van der Waals surface area contributed by atoms with E-state index in [1.807, 2.05) is 52.0 Å². The van der Waals surface area contributed by atoms with Crippen molar-refractivity contribution < 1.29 is 4.79 Å². The van der Waals surface area contributed by atoms with Crippen molar-refractivity contribution in [3.63, 3.8) is 0 Å². The second-order valence-electron chi connectivity index (χ2n) is 7.76. The van der Waals surface area contributed by atoms with Crippen molar-refractivity contribution in [1.82, 2.24) is 20.9 Å². The van der Waals surface area contributed by atoms with Crippen LogP contribution in [0, 0.1) is 13.8 Å². The molecule has 0 aliphatic heterocycles. The predicted molar refractivity (Wildman–Crippen MR) is 117 cm³/mol. The Balaban J connectivity index is 1.85. The molecule has 1 aromatic heterocycles. The van der Waals surface area contributed by atoms with Crippen LogP contribution < -0.4 is 16.0 Å². The molecule has 2 aromatic rings. The van der Waals surface area contributed by atoms with Crippen LogP contribution in [0.2, 0.25) is 0 Å². The van der Waals surface area contributed by atoms with E-state index in [1.54, 1.807) is 18.4 Å². The molecule has 1 amide bonds. The molecule has 7 heteroatoms. The summed E-state index contributed by atoms with van der Waals surface area (Å²) in [4.78, 5) is 22.4. The Morgan fingerprint density at radius 3 is 2.57 bits per heavy atom. The lowest BCUT2D eigenvalue weighted by Gasteiger charge is -2.20. The molecule has 0 fully saturated rings. The third-order valence-electron chi connectivity index (χ3n) is 4.07.